The molecule has 0 aliphatic carbocycles. The van der Waals surface area contributed by atoms with E-state index < -0.39 is 4.92 Å². The van der Waals surface area contributed by atoms with E-state index >= 15 is 0 Å². The van der Waals surface area contributed by atoms with Crippen molar-refractivity contribution in [3.8, 4) is 0 Å². The number of thiophene rings is 2. The number of carbonyl (C=O) groups is 1. The Morgan fingerprint density at radius 1 is 1.30 bits per heavy atom. The number of carbonyl (C=O) groups excluding carboxylic acids is 1. The number of non-ortho nitro benzene ring substituents is 1. The minimum Gasteiger partial charge on any atom is -0.329 e. The summed E-state index contributed by atoms with van der Waals surface area (Å²) in [5.74, 6) is 0.0364. The first-order chi connectivity index (χ1) is 14.4. The highest BCUT2D eigenvalue weighted by Gasteiger charge is 2.33. The monoisotopic (exact) mass is 461 g/mol. The topological polar surface area (TPSA) is 66.7 Å². The molecule has 0 saturated carbocycles. The van der Waals surface area contributed by atoms with Gasteiger partial charge in [0.15, 0.2) is 0 Å². The zero-order valence-electron chi connectivity index (χ0n) is 16.3. The number of halogens is 1. The Bertz CT molecular complexity index is 1070. The van der Waals surface area contributed by atoms with Crippen molar-refractivity contribution in [3.05, 3.63) is 83.2 Å². The lowest BCUT2D eigenvalue weighted by atomic mass is 9.98. The molecule has 0 bridgehead atoms. The zero-order chi connectivity index (χ0) is 21.3. The van der Waals surface area contributed by atoms with Gasteiger partial charge in [-0.1, -0.05) is 17.7 Å². The summed E-state index contributed by atoms with van der Waals surface area (Å²) in [7, 11) is 1.83. The van der Waals surface area contributed by atoms with Gasteiger partial charge in [0.25, 0.3) is 5.69 Å². The Morgan fingerprint density at radius 2 is 2.13 bits per heavy atom. The summed E-state index contributed by atoms with van der Waals surface area (Å²) in [4.78, 5) is 30.2. The highest BCUT2D eigenvalue weighted by Crippen LogP contribution is 2.39. The van der Waals surface area contributed by atoms with Crippen LogP contribution in [-0.2, 0) is 17.8 Å². The predicted octanol–water partition coefficient (Wildman–Crippen LogP) is 4.98. The summed E-state index contributed by atoms with van der Waals surface area (Å²) in [6, 6.07) is 10.5. The SMILES string of the molecule is CN(CC(=O)N1CCc2sccc2C1c1cccs1)Cc1cc([N+](=O)[O-])ccc1Cl. The molecule has 1 aromatic carbocycles. The number of likely N-dealkylation sites (N-methyl/N-ethyl adjacent to an activating group) is 1. The van der Waals surface area contributed by atoms with Gasteiger partial charge in [0.2, 0.25) is 5.91 Å². The van der Waals surface area contributed by atoms with E-state index in [1.165, 1.54) is 28.6 Å². The molecule has 3 aromatic rings. The number of nitro benzene ring substituents is 1. The molecule has 1 aliphatic heterocycles. The lowest BCUT2D eigenvalue weighted by molar-refractivity contribution is -0.384. The van der Waals surface area contributed by atoms with Gasteiger partial charge in [-0.15, -0.1) is 22.7 Å². The molecule has 30 heavy (non-hydrogen) atoms. The Hall–Kier alpha value is -2.26. The van der Waals surface area contributed by atoms with Crippen molar-refractivity contribution in [2.45, 2.75) is 19.0 Å². The van der Waals surface area contributed by atoms with Crippen LogP contribution in [0.2, 0.25) is 5.02 Å². The molecule has 0 fully saturated rings. The fourth-order valence-electron chi connectivity index (χ4n) is 3.80. The number of rotatable bonds is 6. The maximum atomic E-state index is 13.2. The lowest BCUT2D eigenvalue weighted by Crippen LogP contribution is -2.44. The highest BCUT2D eigenvalue weighted by atomic mass is 35.5. The number of hydrogen-bond acceptors (Lipinski definition) is 6. The van der Waals surface area contributed by atoms with Crippen LogP contribution in [0.3, 0.4) is 0 Å². The first-order valence-electron chi connectivity index (χ1n) is 9.44. The van der Waals surface area contributed by atoms with E-state index in [1.807, 2.05) is 28.3 Å². The van der Waals surface area contributed by atoms with Gasteiger partial charge in [-0.25, -0.2) is 0 Å². The quantitative estimate of drug-likeness (QED) is 0.383. The average molecular weight is 462 g/mol. The average Bonchev–Trinajstić information content (AvgIpc) is 3.40. The third kappa shape index (κ3) is 4.27. The van der Waals surface area contributed by atoms with E-state index in [0.29, 0.717) is 23.7 Å². The van der Waals surface area contributed by atoms with Crippen LogP contribution < -0.4 is 0 Å². The third-order valence-corrected chi connectivity index (χ3v) is 7.47. The second-order valence-corrected chi connectivity index (χ2v) is 9.65. The van der Waals surface area contributed by atoms with E-state index in [-0.39, 0.29) is 24.2 Å². The molecular formula is C21H20ClN3O3S2. The van der Waals surface area contributed by atoms with Crippen molar-refractivity contribution < 1.29 is 9.72 Å². The fourth-order valence-corrected chi connectivity index (χ4v) is 5.74. The predicted molar refractivity (Wildman–Crippen MR) is 120 cm³/mol. The molecule has 1 amide bonds. The van der Waals surface area contributed by atoms with Gasteiger partial charge in [0.05, 0.1) is 17.5 Å². The smallest absolute Gasteiger partial charge is 0.269 e. The number of nitro groups is 1. The van der Waals surface area contributed by atoms with Gasteiger partial charge in [0.1, 0.15) is 0 Å². The molecule has 4 rings (SSSR count). The van der Waals surface area contributed by atoms with Crippen molar-refractivity contribution in [1.82, 2.24) is 9.80 Å². The fraction of sp³-hybridized carbons (Fsp3) is 0.286. The van der Waals surface area contributed by atoms with Crippen LogP contribution in [0.25, 0.3) is 0 Å². The molecule has 6 nitrogen and oxygen atoms in total. The normalized spacial score (nSPS) is 16.0. The van der Waals surface area contributed by atoms with E-state index in [4.69, 9.17) is 11.6 Å². The summed E-state index contributed by atoms with van der Waals surface area (Å²) < 4.78 is 0. The molecule has 3 heterocycles. The Labute approximate surface area is 187 Å². The minimum absolute atomic E-state index is 0.00657. The van der Waals surface area contributed by atoms with Crippen LogP contribution in [-0.4, -0.2) is 40.8 Å². The van der Waals surface area contributed by atoms with Crippen LogP contribution in [0.1, 0.15) is 26.9 Å². The zero-order valence-corrected chi connectivity index (χ0v) is 18.7. The van der Waals surface area contributed by atoms with E-state index in [0.717, 1.165) is 11.3 Å². The van der Waals surface area contributed by atoms with Gasteiger partial charge in [0, 0.05) is 40.0 Å². The molecule has 1 aliphatic rings. The van der Waals surface area contributed by atoms with E-state index in [1.54, 1.807) is 22.7 Å². The molecule has 2 aromatic heterocycles. The van der Waals surface area contributed by atoms with Crippen LogP contribution >= 0.6 is 34.3 Å². The number of benzene rings is 1. The van der Waals surface area contributed by atoms with Gasteiger partial charge < -0.3 is 4.90 Å². The summed E-state index contributed by atoms with van der Waals surface area (Å²) in [5.41, 5.74) is 1.84. The summed E-state index contributed by atoms with van der Waals surface area (Å²) in [6.07, 6.45) is 0.862. The third-order valence-electron chi connectivity index (χ3n) is 5.18. The standard InChI is InChI=1S/C21H20ClN3O3S2/c1-23(12-14-11-15(25(27)28)4-5-17(14)22)13-20(26)24-8-6-18-16(7-10-30-18)21(24)19-3-2-9-29-19/h2-5,7,9-11,21H,6,8,12-13H2,1H3. The van der Waals surface area contributed by atoms with Gasteiger partial charge >= 0.3 is 0 Å². The second kappa shape index (κ2) is 8.85. The van der Waals surface area contributed by atoms with Gasteiger partial charge in [-0.05, 0) is 53.6 Å². The van der Waals surface area contributed by atoms with Crippen molar-refractivity contribution in [2.24, 2.45) is 0 Å². The second-order valence-electron chi connectivity index (χ2n) is 7.26. The molecule has 0 N–H and O–H groups in total. The number of nitrogens with zero attached hydrogens (tertiary/aromatic N) is 3. The van der Waals surface area contributed by atoms with Crippen molar-refractivity contribution in [1.29, 1.82) is 0 Å². The van der Waals surface area contributed by atoms with Crippen LogP contribution in [0, 0.1) is 10.1 Å². The van der Waals surface area contributed by atoms with E-state index in [9.17, 15) is 14.9 Å². The molecular weight excluding hydrogens is 442 g/mol. The molecule has 0 spiro atoms. The minimum atomic E-state index is -0.442. The first-order valence-corrected chi connectivity index (χ1v) is 11.6. The van der Waals surface area contributed by atoms with Gasteiger partial charge in [-0.2, -0.15) is 0 Å². The largest absolute Gasteiger partial charge is 0.329 e. The lowest BCUT2D eigenvalue weighted by Gasteiger charge is -2.36. The van der Waals surface area contributed by atoms with Crippen molar-refractivity contribution in [3.63, 3.8) is 0 Å². The molecule has 1 atom stereocenters. The molecule has 0 radical (unpaired) electrons. The van der Waals surface area contributed by atoms with Crippen molar-refractivity contribution in [2.75, 3.05) is 20.1 Å². The Balaban J connectivity index is 1.51. The molecule has 1 unspecified atom stereocenters. The molecule has 0 saturated heterocycles. The van der Waals surface area contributed by atoms with Crippen LogP contribution in [0.4, 0.5) is 5.69 Å². The maximum absolute atomic E-state index is 13.2. The Morgan fingerprint density at radius 3 is 2.87 bits per heavy atom. The van der Waals surface area contributed by atoms with Crippen molar-refractivity contribution >= 4 is 45.9 Å². The highest BCUT2D eigenvalue weighted by molar-refractivity contribution is 7.10. The first kappa shape index (κ1) is 21.0. The Kier molecular flexibility index (Phi) is 6.19. The van der Waals surface area contributed by atoms with E-state index in [2.05, 4.69) is 17.5 Å². The van der Waals surface area contributed by atoms with Crippen LogP contribution in [0.5, 0.6) is 0 Å². The summed E-state index contributed by atoms with van der Waals surface area (Å²) in [5, 5.41) is 15.6. The summed E-state index contributed by atoms with van der Waals surface area (Å²) >= 11 is 9.63. The molecule has 156 valence electrons. The van der Waals surface area contributed by atoms with Crippen LogP contribution in [0.15, 0.2) is 47.2 Å². The maximum Gasteiger partial charge on any atom is 0.269 e. The summed E-state index contributed by atoms with van der Waals surface area (Å²) in [6.45, 7) is 1.24. The van der Waals surface area contributed by atoms with Gasteiger partial charge in [-0.3, -0.25) is 19.8 Å². The molecule has 9 heteroatoms. The number of amides is 1. The number of fused-ring (bicyclic) bond motifs is 1. The number of hydrogen-bond donors (Lipinski definition) is 0.